The van der Waals surface area contributed by atoms with Gasteiger partial charge in [0.15, 0.2) is 6.61 Å². The number of halogens is 2. The summed E-state index contributed by atoms with van der Waals surface area (Å²) in [4.78, 5) is 24.8. The molecule has 0 aliphatic carbocycles. The lowest BCUT2D eigenvalue weighted by Gasteiger charge is -2.10. The second-order valence-corrected chi connectivity index (χ2v) is 7.22. The van der Waals surface area contributed by atoms with Gasteiger partial charge in [0.1, 0.15) is 5.75 Å². The normalized spacial score (nSPS) is 10.3. The number of carbonyl (C=O) groups is 2. The predicted octanol–water partition coefficient (Wildman–Crippen LogP) is 5.32. The molecule has 5 nitrogen and oxygen atoms in total. The van der Waals surface area contributed by atoms with Crippen molar-refractivity contribution >= 4 is 57.7 Å². The van der Waals surface area contributed by atoms with Gasteiger partial charge in [-0.15, -0.1) is 11.3 Å². The number of rotatable bonds is 6. The molecule has 0 aliphatic rings. The maximum Gasteiger partial charge on any atom is 0.265 e. The third kappa shape index (κ3) is 5.47. The Balaban J connectivity index is 1.57. The van der Waals surface area contributed by atoms with Crippen LogP contribution in [0.4, 0.5) is 11.4 Å². The number of nitrogens with one attached hydrogen (secondary N) is 2. The molecule has 0 spiro atoms. The largest absolute Gasteiger partial charge is 0.482 e. The monoisotopic (exact) mass is 420 g/mol. The van der Waals surface area contributed by atoms with Gasteiger partial charge >= 0.3 is 0 Å². The van der Waals surface area contributed by atoms with Crippen molar-refractivity contribution < 1.29 is 14.3 Å². The lowest BCUT2D eigenvalue weighted by atomic mass is 10.2. The summed E-state index contributed by atoms with van der Waals surface area (Å²) in [6.07, 6.45) is 0. The highest BCUT2D eigenvalue weighted by molar-refractivity contribution is 7.12. The van der Waals surface area contributed by atoms with E-state index in [2.05, 4.69) is 10.6 Å². The van der Waals surface area contributed by atoms with E-state index in [9.17, 15) is 9.59 Å². The minimum absolute atomic E-state index is 0.200. The zero-order valence-electron chi connectivity index (χ0n) is 13.9. The first-order valence-corrected chi connectivity index (χ1v) is 9.47. The van der Waals surface area contributed by atoms with Gasteiger partial charge in [-0.3, -0.25) is 9.59 Å². The van der Waals surface area contributed by atoms with Gasteiger partial charge in [0.25, 0.3) is 11.8 Å². The van der Waals surface area contributed by atoms with Crippen molar-refractivity contribution in [3.05, 3.63) is 74.9 Å². The Hall–Kier alpha value is -2.54. The van der Waals surface area contributed by atoms with Crippen molar-refractivity contribution in [2.45, 2.75) is 0 Å². The van der Waals surface area contributed by atoms with Crippen molar-refractivity contribution in [2.75, 3.05) is 17.2 Å². The molecule has 0 saturated heterocycles. The molecule has 27 heavy (non-hydrogen) atoms. The molecule has 8 heteroatoms. The topological polar surface area (TPSA) is 67.4 Å². The zero-order chi connectivity index (χ0) is 19.2. The fraction of sp³-hybridized carbons (Fsp3) is 0.0526. The summed E-state index contributed by atoms with van der Waals surface area (Å²) in [5.74, 6) is -0.190. The standard InChI is InChI=1S/C19H14Cl2N2O3S/c20-12-6-7-16(15(21)9-12)26-11-18(24)22-13-3-1-4-14(10-13)23-19(25)17-5-2-8-27-17/h1-10H,11H2,(H,22,24)(H,23,25). The molecule has 1 aromatic heterocycles. The minimum atomic E-state index is -0.359. The number of carbonyl (C=O) groups excluding carboxylic acids is 2. The smallest absolute Gasteiger partial charge is 0.265 e. The Kier molecular flexibility index (Phi) is 6.34. The third-order valence-corrected chi connectivity index (χ3v) is 4.80. The molecular formula is C19H14Cl2N2O3S. The van der Waals surface area contributed by atoms with Crippen molar-refractivity contribution in [2.24, 2.45) is 0 Å². The van der Waals surface area contributed by atoms with Crippen molar-refractivity contribution in [1.29, 1.82) is 0 Å². The van der Waals surface area contributed by atoms with Crippen LogP contribution in [0.2, 0.25) is 10.0 Å². The maximum atomic E-state index is 12.1. The maximum absolute atomic E-state index is 12.1. The van der Waals surface area contributed by atoms with Gasteiger partial charge < -0.3 is 15.4 Å². The van der Waals surface area contributed by atoms with Gasteiger partial charge in [0, 0.05) is 16.4 Å². The molecule has 3 rings (SSSR count). The summed E-state index contributed by atoms with van der Waals surface area (Å²) in [6, 6.07) is 15.2. The zero-order valence-corrected chi connectivity index (χ0v) is 16.2. The summed E-state index contributed by atoms with van der Waals surface area (Å²) >= 11 is 13.2. The van der Waals surface area contributed by atoms with E-state index in [1.165, 1.54) is 17.4 Å². The van der Waals surface area contributed by atoms with E-state index in [1.807, 2.05) is 11.4 Å². The highest BCUT2D eigenvalue weighted by atomic mass is 35.5. The number of hydrogen-bond donors (Lipinski definition) is 2. The van der Waals surface area contributed by atoms with Crippen LogP contribution in [0.1, 0.15) is 9.67 Å². The van der Waals surface area contributed by atoms with E-state index in [0.29, 0.717) is 32.0 Å². The van der Waals surface area contributed by atoms with Crippen LogP contribution < -0.4 is 15.4 Å². The van der Waals surface area contributed by atoms with E-state index in [4.69, 9.17) is 27.9 Å². The quantitative estimate of drug-likeness (QED) is 0.566. The molecule has 0 unspecified atom stereocenters. The molecular weight excluding hydrogens is 407 g/mol. The van der Waals surface area contributed by atoms with Crippen LogP contribution in [0.3, 0.4) is 0 Å². The fourth-order valence-electron chi connectivity index (χ4n) is 2.21. The van der Waals surface area contributed by atoms with E-state index in [-0.39, 0.29) is 18.4 Å². The van der Waals surface area contributed by atoms with E-state index < -0.39 is 0 Å². The third-order valence-electron chi connectivity index (χ3n) is 3.40. The molecule has 0 radical (unpaired) electrons. The second-order valence-electron chi connectivity index (χ2n) is 5.42. The average Bonchev–Trinajstić information content (AvgIpc) is 3.16. The Morgan fingerprint density at radius 1 is 0.963 bits per heavy atom. The number of anilines is 2. The van der Waals surface area contributed by atoms with Gasteiger partial charge in [-0.1, -0.05) is 35.3 Å². The van der Waals surface area contributed by atoms with E-state index >= 15 is 0 Å². The summed E-state index contributed by atoms with van der Waals surface area (Å²) in [6.45, 7) is -0.215. The van der Waals surface area contributed by atoms with Gasteiger partial charge in [0.2, 0.25) is 0 Å². The first-order valence-electron chi connectivity index (χ1n) is 7.84. The van der Waals surface area contributed by atoms with E-state index in [0.717, 1.165) is 0 Å². The minimum Gasteiger partial charge on any atom is -0.482 e. The molecule has 0 fully saturated rings. The highest BCUT2D eigenvalue weighted by Crippen LogP contribution is 2.27. The van der Waals surface area contributed by atoms with Gasteiger partial charge in [-0.25, -0.2) is 0 Å². The number of thiophene rings is 1. The summed E-state index contributed by atoms with van der Waals surface area (Å²) in [5, 5.41) is 8.14. The Bertz CT molecular complexity index is 961. The van der Waals surface area contributed by atoms with Crippen LogP contribution >= 0.6 is 34.5 Å². The van der Waals surface area contributed by atoms with Gasteiger partial charge in [-0.2, -0.15) is 0 Å². The molecule has 2 amide bonds. The summed E-state index contributed by atoms with van der Waals surface area (Å²) in [7, 11) is 0. The molecule has 3 aromatic rings. The molecule has 2 N–H and O–H groups in total. The first kappa shape index (κ1) is 19.2. The average molecular weight is 421 g/mol. The predicted molar refractivity (Wildman–Crippen MR) is 109 cm³/mol. The SMILES string of the molecule is O=C(COc1ccc(Cl)cc1Cl)Nc1cccc(NC(=O)c2cccs2)c1. The van der Waals surface area contributed by atoms with Gasteiger partial charge in [-0.05, 0) is 47.8 Å². The molecule has 0 aliphatic heterocycles. The molecule has 0 bridgehead atoms. The number of ether oxygens (including phenoxy) is 1. The first-order chi connectivity index (χ1) is 13.0. The molecule has 0 saturated carbocycles. The van der Waals surface area contributed by atoms with Crippen LogP contribution in [0.15, 0.2) is 60.0 Å². The highest BCUT2D eigenvalue weighted by Gasteiger charge is 2.09. The molecule has 138 valence electrons. The second kappa shape index (κ2) is 8.90. The van der Waals surface area contributed by atoms with Crippen molar-refractivity contribution in [3.8, 4) is 5.75 Å². The van der Waals surface area contributed by atoms with Crippen LogP contribution in [0.5, 0.6) is 5.75 Å². The van der Waals surface area contributed by atoms with Crippen molar-refractivity contribution in [1.82, 2.24) is 0 Å². The van der Waals surface area contributed by atoms with Crippen LogP contribution in [0, 0.1) is 0 Å². The molecule has 2 aromatic carbocycles. The van der Waals surface area contributed by atoms with Gasteiger partial charge in [0.05, 0.1) is 9.90 Å². The Morgan fingerprint density at radius 2 is 1.74 bits per heavy atom. The van der Waals surface area contributed by atoms with Crippen LogP contribution in [-0.2, 0) is 4.79 Å². The van der Waals surface area contributed by atoms with Crippen LogP contribution in [0.25, 0.3) is 0 Å². The Morgan fingerprint density at radius 3 is 2.44 bits per heavy atom. The number of hydrogen-bond acceptors (Lipinski definition) is 4. The fourth-order valence-corrected chi connectivity index (χ4v) is 3.29. The lowest BCUT2D eigenvalue weighted by Crippen LogP contribution is -2.20. The number of benzene rings is 2. The van der Waals surface area contributed by atoms with Crippen molar-refractivity contribution in [3.63, 3.8) is 0 Å². The molecule has 0 atom stereocenters. The lowest BCUT2D eigenvalue weighted by molar-refractivity contribution is -0.118. The Labute approximate surface area is 169 Å². The number of amides is 2. The summed E-state index contributed by atoms with van der Waals surface area (Å²) in [5.41, 5.74) is 1.11. The molecule has 1 heterocycles. The van der Waals surface area contributed by atoms with Crippen LogP contribution in [-0.4, -0.2) is 18.4 Å². The summed E-state index contributed by atoms with van der Waals surface area (Å²) < 4.78 is 5.40. The van der Waals surface area contributed by atoms with E-state index in [1.54, 1.807) is 42.5 Å².